The quantitative estimate of drug-likeness (QED) is 0.300. The zero-order valence-corrected chi connectivity index (χ0v) is 10.7. The van der Waals surface area contributed by atoms with Crippen LogP contribution in [-0.2, 0) is 21.4 Å². The Morgan fingerprint density at radius 3 is 2.62 bits per heavy atom. The maximum Gasteiger partial charge on any atom is 0.328 e. The third kappa shape index (κ3) is 8.55. The maximum absolute atomic E-state index is 11.2. The Labute approximate surface area is 99.4 Å². The summed E-state index contributed by atoms with van der Waals surface area (Å²) in [5.74, 6) is -1.79. The van der Waals surface area contributed by atoms with E-state index in [-0.39, 0.29) is 0 Å². The summed E-state index contributed by atoms with van der Waals surface area (Å²) < 4.78 is 0. The molecule has 0 aliphatic rings. The monoisotopic (exact) mass is 265 g/mol. The molecule has 0 heterocycles. The average Bonchev–Trinajstić information content (AvgIpc) is 2.14. The highest BCUT2D eigenvalue weighted by molar-refractivity contribution is 8.11. The van der Waals surface area contributed by atoms with E-state index in [1.165, 1.54) is 0 Å². The number of rotatable bonds is 7. The van der Waals surface area contributed by atoms with E-state index < -0.39 is 18.4 Å². The van der Waals surface area contributed by atoms with E-state index in [4.69, 9.17) is 22.4 Å². The molecule has 0 radical (unpaired) electrons. The summed E-state index contributed by atoms with van der Waals surface area (Å²) in [6, 6.07) is 0. The number of aliphatic carboxylic acids is 1. The number of carbonyl (C=O) groups excluding carboxylic acids is 1. The first-order chi connectivity index (χ1) is 7.37. The molecule has 0 spiro atoms. The van der Waals surface area contributed by atoms with Crippen molar-refractivity contribution in [3.63, 3.8) is 0 Å². The molecule has 1 unspecified atom stereocenters. The van der Waals surface area contributed by atoms with Crippen molar-refractivity contribution in [1.82, 2.24) is 10.2 Å². The molecule has 92 valence electrons. The molecule has 0 bridgehead atoms. The lowest BCUT2D eigenvalue weighted by Crippen LogP contribution is -2.31. The minimum atomic E-state index is -2.60. The highest BCUT2D eigenvalue weighted by Gasteiger charge is 2.11. The largest absolute Gasteiger partial charge is 0.478 e. The first kappa shape index (κ1) is 15.2. The van der Waals surface area contributed by atoms with Crippen molar-refractivity contribution in [3.8, 4) is 0 Å². The van der Waals surface area contributed by atoms with Gasteiger partial charge in [0.25, 0.3) is 0 Å². The van der Waals surface area contributed by atoms with Gasteiger partial charge >= 0.3 is 5.97 Å². The van der Waals surface area contributed by atoms with E-state index in [2.05, 4.69) is 10.2 Å². The Balaban J connectivity index is 4.10. The molecule has 0 aromatic carbocycles. The summed E-state index contributed by atoms with van der Waals surface area (Å²) in [7, 11) is 0. The smallest absolute Gasteiger partial charge is 0.328 e. The van der Waals surface area contributed by atoms with E-state index >= 15 is 0 Å². The molecule has 0 aliphatic heterocycles. The molecule has 0 aromatic heterocycles. The molecule has 1 atom stereocenters. The number of hydrogen-bond acceptors (Lipinski definition) is 3. The van der Waals surface area contributed by atoms with Crippen molar-refractivity contribution in [1.29, 1.82) is 0 Å². The highest BCUT2D eigenvalue weighted by atomic mass is 32.4. The van der Waals surface area contributed by atoms with Crippen LogP contribution in [0.4, 0.5) is 0 Å². The molecule has 1 amide bonds. The first-order valence-electron chi connectivity index (χ1n) is 4.74. The van der Waals surface area contributed by atoms with Gasteiger partial charge < -0.3 is 10.2 Å². The van der Waals surface area contributed by atoms with Crippen LogP contribution in [0.1, 0.15) is 19.8 Å². The molecule has 0 aliphatic carbocycles. The van der Waals surface area contributed by atoms with Gasteiger partial charge in [-0.15, -0.1) is 0 Å². The van der Waals surface area contributed by atoms with E-state index in [0.717, 1.165) is 25.0 Å². The number of carboxylic acids is 1. The topological polar surface area (TPSA) is 104 Å². The van der Waals surface area contributed by atoms with E-state index in [1.54, 1.807) is 0 Å². The van der Waals surface area contributed by atoms with Crippen molar-refractivity contribution >= 4 is 30.2 Å². The minimum absolute atomic E-state index is 0.600. The van der Waals surface area contributed by atoms with Crippen LogP contribution in [0.25, 0.3) is 0 Å². The van der Waals surface area contributed by atoms with Gasteiger partial charge in [-0.05, 0) is 18.2 Å². The average molecular weight is 265 g/mol. The standard InChI is InChI=1S/C8H16N3O3PS/c1-2-3-6-10-15(9,16)11-7(12)4-5-8(13)14/h4-5H,2-3,6H2,1H3,(H,13,14)(H4,9,10,11,12,16)/b5-4-. The molecule has 0 saturated carbocycles. The third-order valence-electron chi connectivity index (χ3n) is 1.53. The summed E-state index contributed by atoms with van der Waals surface area (Å²) in [6.07, 6.45) is 3.53. The van der Waals surface area contributed by atoms with Crippen LogP contribution in [0, 0.1) is 0 Å². The number of unbranched alkanes of at least 4 members (excludes halogenated alkanes) is 1. The van der Waals surface area contributed by atoms with Crippen LogP contribution in [0.5, 0.6) is 0 Å². The van der Waals surface area contributed by atoms with Crippen LogP contribution < -0.4 is 15.7 Å². The molecule has 0 fully saturated rings. The lowest BCUT2D eigenvalue weighted by Gasteiger charge is -2.18. The molecule has 6 nitrogen and oxygen atoms in total. The number of carboxylic acid groups (broad SMARTS) is 1. The van der Waals surface area contributed by atoms with E-state index in [1.807, 2.05) is 6.92 Å². The van der Waals surface area contributed by atoms with Gasteiger partial charge in [-0.1, -0.05) is 13.3 Å². The number of carbonyl (C=O) groups is 2. The molecule has 0 saturated heterocycles. The Morgan fingerprint density at radius 1 is 1.50 bits per heavy atom. The Hall–Kier alpha value is -0.750. The van der Waals surface area contributed by atoms with Gasteiger partial charge in [0.15, 0.2) is 6.49 Å². The Kier molecular flexibility index (Phi) is 7.16. The highest BCUT2D eigenvalue weighted by Crippen LogP contribution is 2.24. The van der Waals surface area contributed by atoms with Crippen LogP contribution in [0.3, 0.4) is 0 Å². The van der Waals surface area contributed by atoms with Gasteiger partial charge in [0, 0.05) is 18.7 Å². The zero-order valence-electron chi connectivity index (χ0n) is 8.97. The Morgan fingerprint density at radius 2 is 2.12 bits per heavy atom. The van der Waals surface area contributed by atoms with E-state index in [9.17, 15) is 9.59 Å². The summed E-state index contributed by atoms with van der Waals surface area (Å²) >= 11 is 4.98. The van der Waals surface area contributed by atoms with Gasteiger partial charge in [-0.2, -0.15) is 0 Å². The van der Waals surface area contributed by atoms with Crippen LogP contribution in [-0.4, -0.2) is 23.5 Å². The fourth-order valence-electron chi connectivity index (χ4n) is 0.809. The van der Waals surface area contributed by atoms with Crippen LogP contribution in [0.15, 0.2) is 12.2 Å². The van der Waals surface area contributed by atoms with Crippen LogP contribution in [0.2, 0.25) is 0 Å². The second kappa shape index (κ2) is 7.51. The molecule has 16 heavy (non-hydrogen) atoms. The van der Waals surface area contributed by atoms with Crippen molar-refractivity contribution < 1.29 is 14.7 Å². The molecular formula is C8H16N3O3PS. The number of nitrogens with one attached hydrogen (secondary N) is 2. The molecule has 8 heteroatoms. The normalized spacial score (nSPS) is 14.6. The van der Waals surface area contributed by atoms with Crippen molar-refractivity contribution in [3.05, 3.63) is 12.2 Å². The summed E-state index contributed by atoms with van der Waals surface area (Å²) in [4.78, 5) is 21.3. The Bertz CT molecular complexity index is 332. The fourth-order valence-corrected chi connectivity index (χ4v) is 2.32. The molecular weight excluding hydrogens is 249 g/mol. The first-order valence-corrected chi connectivity index (χ1v) is 7.61. The SMILES string of the molecule is CCCCNP(N)(=S)NC(=O)/C=C\C(=O)O. The predicted molar refractivity (Wildman–Crippen MR) is 66.3 cm³/mol. The van der Waals surface area contributed by atoms with Crippen molar-refractivity contribution in [2.75, 3.05) is 6.54 Å². The van der Waals surface area contributed by atoms with Crippen molar-refractivity contribution in [2.45, 2.75) is 19.8 Å². The number of amides is 1. The lowest BCUT2D eigenvalue weighted by atomic mass is 10.3. The zero-order chi connectivity index (χ0) is 12.6. The summed E-state index contributed by atoms with van der Waals surface area (Å²) in [5, 5.41) is 13.5. The predicted octanol–water partition coefficient (Wildman–Crippen LogP) is 0.316. The second-order valence-corrected chi connectivity index (χ2v) is 6.65. The lowest BCUT2D eigenvalue weighted by molar-refractivity contribution is -0.131. The summed E-state index contributed by atoms with van der Waals surface area (Å²) in [5.41, 5.74) is 5.67. The molecule has 5 N–H and O–H groups in total. The van der Waals surface area contributed by atoms with Gasteiger partial charge in [0.05, 0.1) is 0 Å². The maximum atomic E-state index is 11.2. The van der Waals surface area contributed by atoms with Gasteiger partial charge in [0.2, 0.25) is 5.91 Å². The third-order valence-corrected chi connectivity index (χ3v) is 3.44. The van der Waals surface area contributed by atoms with Crippen molar-refractivity contribution in [2.24, 2.45) is 5.50 Å². The summed E-state index contributed by atoms with van der Waals surface area (Å²) in [6.45, 7) is 0.0571. The second-order valence-electron chi connectivity index (χ2n) is 3.07. The number of nitrogens with two attached hydrogens (primary N) is 1. The number of hydrogen-bond donors (Lipinski definition) is 4. The van der Waals surface area contributed by atoms with E-state index in [0.29, 0.717) is 6.54 Å². The molecule has 0 rings (SSSR count). The van der Waals surface area contributed by atoms with Gasteiger partial charge in [-0.3, -0.25) is 15.4 Å². The molecule has 0 aromatic rings. The minimum Gasteiger partial charge on any atom is -0.478 e. The fraction of sp³-hybridized carbons (Fsp3) is 0.500. The van der Waals surface area contributed by atoms with Gasteiger partial charge in [-0.25, -0.2) is 4.79 Å². The van der Waals surface area contributed by atoms with Crippen LogP contribution >= 0.6 is 6.49 Å². The van der Waals surface area contributed by atoms with Gasteiger partial charge in [0.1, 0.15) is 0 Å².